The Morgan fingerprint density at radius 2 is 1.74 bits per heavy atom. The van der Waals surface area contributed by atoms with Crippen LogP contribution in [0.4, 0.5) is 10.1 Å². The molecule has 0 saturated carbocycles. The predicted octanol–water partition coefficient (Wildman–Crippen LogP) is 3.09. The van der Waals surface area contributed by atoms with E-state index in [9.17, 15) is 17.6 Å². The molecule has 0 aliphatic heterocycles. The first-order valence-corrected chi connectivity index (χ1v) is 8.74. The van der Waals surface area contributed by atoms with Crippen molar-refractivity contribution in [3.63, 3.8) is 0 Å². The fourth-order valence-electron chi connectivity index (χ4n) is 1.79. The lowest BCUT2D eigenvalue weighted by Gasteiger charge is -2.12. The Kier molecular flexibility index (Phi) is 5.18. The van der Waals surface area contributed by atoms with Crippen molar-refractivity contribution >= 4 is 37.5 Å². The van der Waals surface area contributed by atoms with E-state index in [-0.39, 0.29) is 10.5 Å². The maximum atomic E-state index is 13.7. The standard InChI is InChI=1S/C15H14BrFN2O3S/c1-19(2)23(21,22)12-6-4-11(5-7-12)18-15(20)13-9-10(16)3-8-14(13)17/h3-9H,1-2H3,(H,18,20). The van der Waals surface area contributed by atoms with Gasteiger partial charge >= 0.3 is 0 Å². The van der Waals surface area contributed by atoms with Gasteiger partial charge in [0.25, 0.3) is 5.91 Å². The number of halogens is 2. The van der Waals surface area contributed by atoms with E-state index >= 15 is 0 Å². The zero-order chi connectivity index (χ0) is 17.2. The fourth-order valence-corrected chi connectivity index (χ4v) is 3.05. The van der Waals surface area contributed by atoms with Crippen molar-refractivity contribution in [2.75, 3.05) is 19.4 Å². The summed E-state index contributed by atoms with van der Waals surface area (Å²) in [7, 11) is -0.669. The van der Waals surface area contributed by atoms with Gasteiger partial charge in [0.15, 0.2) is 0 Å². The van der Waals surface area contributed by atoms with Gasteiger partial charge in [-0.15, -0.1) is 0 Å². The summed E-state index contributed by atoms with van der Waals surface area (Å²) in [6, 6.07) is 9.70. The van der Waals surface area contributed by atoms with Crippen LogP contribution in [0.15, 0.2) is 51.8 Å². The summed E-state index contributed by atoms with van der Waals surface area (Å²) in [5, 5.41) is 2.53. The van der Waals surface area contributed by atoms with E-state index in [1.807, 2.05) is 0 Å². The summed E-state index contributed by atoms with van der Waals surface area (Å²) < 4.78 is 39.2. The summed E-state index contributed by atoms with van der Waals surface area (Å²) >= 11 is 3.18. The van der Waals surface area contributed by atoms with Crippen LogP contribution in [0.3, 0.4) is 0 Å². The minimum absolute atomic E-state index is 0.106. The van der Waals surface area contributed by atoms with Gasteiger partial charge in [0.05, 0.1) is 10.5 Å². The lowest BCUT2D eigenvalue weighted by Crippen LogP contribution is -2.22. The van der Waals surface area contributed by atoms with Gasteiger partial charge in [-0.25, -0.2) is 17.1 Å². The number of carbonyl (C=O) groups excluding carboxylic acids is 1. The number of anilines is 1. The van der Waals surface area contributed by atoms with Crippen LogP contribution in [-0.2, 0) is 10.0 Å². The van der Waals surface area contributed by atoms with Crippen molar-refractivity contribution in [3.8, 4) is 0 Å². The van der Waals surface area contributed by atoms with Gasteiger partial charge in [0.1, 0.15) is 5.82 Å². The van der Waals surface area contributed by atoms with Crippen LogP contribution in [0.2, 0.25) is 0 Å². The molecule has 0 saturated heterocycles. The maximum Gasteiger partial charge on any atom is 0.258 e. The van der Waals surface area contributed by atoms with E-state index in [2.05, 4.69) is 21.2 Å². The molecule has 0 aliphatic carbocycles. The second-order valence-electron chi connectivity index (χ2n) is 4.89. The highest BCUT2D eigenvalue weighted by molar-refractivity contribution is 9.10. The number of rotatable bonds is 4. The molecule has 1 N–H and O–H groups in total. The van der Waals surface area contributed by atoms with Gasteiger partial charge in [0, 0.05) is 24.3 Å². The zero-order valence-electron chi connectivity index (χ0n) is 12.4. The third-order valence-electron chi connectivity index (χ3n) is 3.06. The second kappa shape index (κ2) is 6.77. The molecule has 0 fully saturated rings. The molecule has 0 spiro atoms. The molecular formula is C15H14BrFN2O3S. The molecule has 0 aliphatic rings. The number of nitrogens with zero attached hydrogens (tertiary/aromatic N) is 1. The van der Waals surface area contributed by atoms with E-state index in [0.717, 1.165) is 4.31 Å². The summed E-state index contributed by atoms with van der Waals surface area (Å²) in [5.41, 5.74) is 0.261. The van der Waals surface area contributed by atoms with E-state index in [4.69, 9.17) is 0 Å². The number of amides is 1. The number of hydrogen-bond acceptors (Lipinski definition) is 3. The summed E-state index contributed by atoms with van der Waals surface area (Å²) in [5.74, 6) is -1.26. The van der Waals surface area contributed by atoms with Crippen LogP contribution in [0.25, 0.3) is 0 Å². The Morgan fingerprint density at radius 1 is 1.13 bits per heavy atom. The number of nitrogens with one attached hydrogen (secondary N) is 1. The third kappa shape index (κ3) is 3.95. The molecule has 122 valence electrons. The monoisotopic (exact) mass is 400 g/mol. The summed E-state index contributed by atoms with van der Waals surface area (Å²) in [6.07, 6.45) is 0. The minimum Gasteiger partial charge on any atom is -0.322 e. The average molecular weight is 401 g/mol. The van der Waals surface area contributed by atoms with Gasteiger partial charge in [0.2, 0.25) is 10.0 Å². The van der Waals surface area contributed by atoms with E-state index in [1.54, 1.807) is 0 Å². The Labute approximate surface area is 142 Å². The van der Waals surface area contributed by atoms with Crippen LogP contribution in [0, 0.1) is 5.82 Å². The van der Waals surface area contributed by atoms with Gasteiger partial charge < -0.3 is 5.32 Å². The summed E-state index contributed by atoms with van der Waals surface area (Å²) in [4.78, 5) is 12.2. The first-order valence-electron chi connectivity index (χ1n) is 6.51. The number of sulfonamides is 1. The minimum atomic E-state index is -3.53. The van der Waals surface area contributed by atoms with Crippen molar-refractivity contribution in [2.45, 2.75) is 4.90 Å². The highest BCUT2D eigenvalue weighted by Crippen LogP contribution is 2.19. The quantitative estimate of drug-likeness (QED) is 0.857. The first kappa shape index (κ1) is 17.6. The molecule has 0 unspecified atom stereocenters. The Balaban J connectivity index is 2.21. The van der Waals surface area contributed by atoms with Gasteiger partial charge in [-0.2, -0.15) is 0 Å². The highest BCUT2D eigenvalue weighted by Gasteiger charge is 2.17. The third-order valence-corrected chi connectivity index (χ3v) is 5.39. The fraction of sp³-hybridized carbons (Fsp3) is 0.133. The van der Waals surface area contributed by atoms with Crippen molar-refractivity contribution in [3.05, 3.63) is 58.3 Å². The molecular weight excluding hydrogens is 387 g/mol. The molecule has 8 heteroatoms. The molecule has 0 heterocycles. The highest BCUT2D eigenvalue weighted by atomic mass is 79.9. The van der Waals surface area contributed by atoms with Crippen molar-refractivity contribution in [2.24, 2.45) is 0 Å². The van der Waals surface area contributed by atoms with E-state index in [0.29, 0.717) is 10.2 Å². The van der Waals surface area contributed by atoms with Crippen LogP contribution in [0.5, 0.6) is 0 Å². The molecule has 2 aromatic carbocycles. The first-order chi connectivity index (χ1) is 10.7. The number of hydrogen-bond donors (Lipinski definition) is 1. The smallest absolute Gasteiger partial charge is 0.258 e. The average Bonchev–Trinajstić information content (AvgIpc) is 2.50. The van der Waals surface area contributed by atoms with Crippen LogP contribution in [-0.4, -0.2) is 32.7 Å². The van der Waals surface area contributed by atoms with Crippen molar-refractivity contribution < 1.29 is 17.6 Å². The molecule has 0 atom stereocenters. The maximum absolute atomic E-state index is 13.7. The topological polar surface area (TPSA) is 66.5 Å². The van der Waals surface area contributed by atoms with E-state index in [1.165, 1.54) is 56.6 Å². The number of benzene rings is 2. The Bertz CT molecular complexity index is 836. The van der Waals surface area contributed by atoms with Crippen molar-refractivity contribution in [1.82, 2.24) is 4.31 Å². The predicted molar refractivity (Wildman–Crippen MR) is 89.4 cm³/mol. The Morgan fingerprint density at radius 3 is 2.30 bits per heavy atom. The lowest BCUT2D eigenvalue weighted by molar-refractivity contribution is 0.102. The molecule has 0 aromatic heterocycles. The molecule has 2 rings (SSSR count). The van der Waals surface area contributed by atoms with Gasteiger partial charge in [-0.3, -0.25) is 4.79 Å². The van der Waals surface area contributed by atoms with Crippen molar-refractivity contribution in [1.29, 1.82) is 0 Å². The van der Waals surface area contributed by atoms with Crippen LogP contribution >= 0.6 is 15.9 Å². The number of carbonyl (C=O) groups is 1. The van der Waals surface area contributed by atoms with Crippen LogP contribution < -0.4 is 5.32 Å². The van der Waals surface area contributed by atoms with Crippen LogP contribution in [0.1, 0.15) is 10.4 Å². The lowest BCUT2D eigenvalue weighted by atomic mass is 10.2. The second-order valence-corrected chi connectivity index (χ2v) is 7.96. The molecule has 0 bridgehead atoms. The molecule has 0 radical (unpaired) electrons. The zero-order valence-corrected chi connectivity index (χ0v) is 14.8. The summed E-state index contributed by atoms with van der Waals surface area (Å²) in [6.45, 7) is 0. The molecule has 2 aromatic rings. The molecule has 1 amide bonds. The largest absolute Gasteiger partial charge is 0.322 e. The van der Waals surface area contributed by atoms with E-state index < -0.39 is 21.7 Å². The normalized spacial score (nSPS) is 11.5. The Hall–Kier alpha value is -1.77. The molecule has 5 nitrogen and oxygen atoms in total. The van der Waals surface area contributed by atoms with Gasteiger partial charge in [-0.1, -0.05) is 15.9 Å². The SMILES string of the molecule is CN(C)S(=O)(=O)c1ccc(NC(=O)c2cc(Br)ccc2F)cc1. The molecule has 23 heavy (non-hydrogen) atoms. The van der Waals surface area contributed by atoms with Gasteiger partial charge in [-0.05, 0) is 42.5 Å².